The Bertz CT molecular complexity index is 592. The third-order valence-electron chi connectivity index (χ3n) is 4.08. The summed E-state index contributed by atoms with van der Waals surface area (Å²) in [5, 5.41) is 6.41. The summed E-state index contributed by atoms with van der Waals surface area (Å²) in [5.74, 6) is 1.27. The SMILES string of the molecule is CC(C)C[C@@H](CNc1ccccc1O[C@@H]1CCOC1)NC(=O)OC(C)(C)C. The summed E-state index contributed by atoms with van der Waals surface area (Å²) in [7, 11) is 0. The van der Waals surface area contributed by atoms with Crippen LogP contribution in [0, 0.1) is 5.92 Å². The molecule has 1 aromatic carbocycles. The van der Waals surface area contributed by atoms with Crippen LogP contribution < -0.4 is 15.4 Å². The molecular weight excluding hydrogens is 344 g/mol. The zero-order valence-electron chi connectivity index (χ0n) is 17.2. The molecule has 6 heteroatoms. The number of carbonyl (C=O) groups is 1. The van der Waals surface area contributed by atoms with E-state index in [2.05, 4.69) is 24.5 Å². The fourth-order valence-corrected chi connectivity index (χ4v) is 2.97. The molecule has 1 amide bonds. The van der Waals surface area contributed by atoms with Gasteiger partial charge in [0.25, 0.3) is 0 Å². The van der Waals surface area contributed by atoms with Gasteiger partial charge < -0.3 is 24.8 Å². The highest BCUT2D eigenvalue weighted by Gasteiger charge is 2.21. The van der Waals surface area contributed by atoms with Gasteiger partial charge >= 0.3 is 6.09 Å². The van der Waals surface area contributed by atoms with Crippen molar-refractivity contribution < 1.29 is 19.0 Å². The molecule has 1 aliphatic rings. The number of benzene rings is 1. The molecule has 0 radical (unpaired) electrons. The number of hydrogen-bond acceptors (Lipinski definition) is 5. The first-order valence-corrected chi connectivity index (χ1v) is 9.80. The molecular formula is C21H34N2O4. The molecule has 2 atom stereocenters. The van der Waals surface area contributed by atoms with Gasteiger partial charge in [-0.3, -0.25) is 0 Å². The summed E-state index contributed by atoms with van der Waals surface area (Å²) < 4.78 is 16.9. The van der Waals surface area contributed by atoms with Crippen molar-refractivity contribution in [2.75, 3.05) is 25.1 Å². The van der Waals surface area contributed by atoms with Crippen LogP contribution in [0.1, 0.15) is 47.5 Å². The quantitative estimate of drug-likeness (QED) is 0.709. The van der Waals surface area contributed by atoms with E-state index in [4.69, 9.17) is 14.2 Å². The fraction of sp³-hybridized carbons (Fsp3) is 0.667. The van der Waals surface area contributed by atoms with Crippen molar-refractivity contribution in [2.45, 2.75) is 65.2 Å². The number of rotatable bonds is 8. The van der Waals surface area contributed by atoms with Crippen molar-refractivity contribution in [1.82, 2.24) is 5.32 Å². The molecule has 1 heterocycles. The molecule has 0 aliphatic carbocycles. The molecule has 0 saturated carbocycles. The first-order valence-electron chi connectivity index (χ1n) is 9.80. The standard InChI is InChI=1S/C21H34N2O4/c1-15(2)12-16(23-20(24)27-21(3,4)5)13-22-18-8-6-7-9-19(18)26-17-10-11-25-14-17/h6-9,15-17,22H,10-14H2,1-5H3,(H,23,24)/t16-,17+/m0/s1. The van der Waals surface area contributed by atoms with Crippen molar-refractivity contribution in [2.24, 2.45) is 5.92 Å². The molecule has 1 aliphatic heterocycles. The van der Waals surface area contributed by atoms with Gasteiger partial charge in [0.1, 0.15) is 17.5 Å². The number of para-hydroxylation sites is 2. The van der Waals surface area contributed by atoms with E-state index in [-0.39, 0.29) is 18.2 Å². The van der Waals surface area contributed by atoms with Crippen LogP contribution in [0.2, 0.25) is 0 Å². The maximum atomic E-state index is 12.2. The molecule has 0 aromatic heterocycles. The van der Waals surface area contributed by atoms with Gasteiger partial charge in [0.2, 0.25) is 0 Å². The van der Waals surface area contributed by atoms with E-state index in [0.717, 1.165) is 30.9 Å². The molecule has 152 valence electrons. The van der Waals surface area contributed by atoms with Gasteiger partial charge in [0, 0.05) is 19.0 Å². The molecule has 2 N–H and O–H groups in total. The number of alkyl carbamates (subject to hydrolysis) is 1. The van der Waals surface area contributed by atoms with Crippen LogP contribution in [-0.4, -0.2) is 43.6 Å². The second-order valence-corrected chi connectivity index (χ2v) is 8.45. The smallest absolute Gasteiger partial charge is 0.407 e. The summed E-state index contributed by atoms with van der Waals surface area (Å²) in [6, 6.07) is 7.84. The first kappa shape index (κ1) is 21.4. The van der Waals surface area contributed by atoms with Crippen LogP contribution in [0.25, 0.3) is 0 Å². The summed E-state index contributed by atoms with van der Waals surface area (Å²) in [5.41, 5.74) is 0.410. The number of amides is 1. The summed E-state index contributed by atoms with van der Waals surface area (Å²) in [6.45, 7) is 11.8. The Morgan fingerprint density at radius 3 is 2.67 bits per heavy atom. The highest BCUT2D eigenvalue weighted by atomic mass is 16.6. The Morgan fingerprint density at radius 1 is 1.30 bits per heavy atom. The van der Waals surface area contributed by atoms with E-state index in [1.54, 1.807) is 0 Å². The maximum Gasteiger partial charge on any atom is 0.407 e. The van der Waals surface area contributed by atoms with E-state index in [9.17, 15) is 4.79 Å². The minimum Gasteiger partial charge on any atom is -0.486 e. The topological polar surface area (TPSA) is 68.8 Å². The monoisotopic (exact) mass is 378 g/mol. The van der Waals surface area contributed by atoms with Crippen molar-refractivity contribution in [3.8, 4) is 5.75 Å². The van der Waals surface area contributed by atoms with Crippen LogP contribution >= 0.6 is 0 Å². The van der Waals surface area contributed by atoms with Crippen LogP contribution in [0.5, 0.6) is 5.75 Å². The van der Waals surface area contributed by atoms with E-state index in [0.29, 0.717) is 19.1 Å². The van der Waals surface area contributed by atoms with Gasteiger partial charge in [0.05, 0.1) is 18.9 Å². The van der Waals surface area contributed by atoms with E-state index < -0.39 is 5.60 Å². The minimum atomic E-state index is -0.510. The van der Waals surface area contributed by atoms with Gasteiger partial charge in [-0.15, -0.1) is 0 Å². The molecule has 0 spiro atoms. The van der Waals surface area contributed by atoms with E-state index in [1.165, 1.54) is 0 Å². The Kier molecular flexibility index (Phi) is 7.78. The lowest BCUT2D eigenvalue weighted by atomic mass is 10.0. The zero-order valence-corrected chi connectivity index (χ0v) is 17.2. The van der Waals surface area contributed by atoms with Gasteiger partial charge in [0.15, 0.2) is 0 Å². The second-order valence-electron chi connectivity index (χ2n) is 8.45. The van der Waals surface area contributed by atoms with Gasteiger partial charge in [-0.25, -0.2) is 4.79 Å². The van der Waals surface area contributed by atoms with Gasteiger partial charge in [-0.1, -0.05) is 26.0 Å². The Balaban J connectivity index is 1.96. The predicted molar refractivity (Wildman–Crippen MR) is 107 cm³/mol. The predicted octanol–water partition coefficient (Wildman–Crippen LogP) is 4.21. The average Bonchev–Trinajstić information content (AvgIpc) is 3.04. The van der Waals surface area contributed by atoms with Gasteiger partial charge in [-0.2, -0.15) is 0 Å². The summed E-state index contributed by atoms with van der Waals surface area (Å²) >= 11 is 0. The fourth-order valence-electron chi connectivity index (χ4n) is 2.97. The number of hydrogen-bond donors (Lipinski definition) is 2. The van der Waals surface area contributed by atoms with Crippen LogP contribution in [-0.2, 0) is 9.47 Å². The molecule has 0 unspecified atom stereocenters. The lowest BCUT2D eigenvalue weighted by Crippen LogP contribution is -2.43. The van der Waals surface area contributed by atoms with Crippen LogP contribution in [0.15, 0.2) is 24.3 Å². The largest absolute Gasteiger partial charge is 0.486 e. The first-order chi connectivity index (χ1) is 12.7. The highest BCUT2D eigenvalue weighted by molar-refractivity contribution is 5.68. The Hall–Kier alpha value is -1.95. The van der Waals surface area contributed by atoms with E-state index >= 15 is 0 Å². The van der Waals surface area contributed by atoms with Crippen molar-refractivity contribution >= 4 is 11.8 Å². The Morgan fingerprint density at radius 2 is 2.04 bits per heavy atom. The molecule has 6 nitrogen and oxygen atoms in total. The van der Waals surface area contributed by atoms with Crippen LogP contribution in [0.3, 0.4) is 0 Å². The Labute approximate surface area is 163 Å². The lowest BCUT2D eigenvalue weighted by Gasteiger charge is -2.25. The van der Waals surface area contributed by atoms with Crippen molar-refractivity contribution in [3.05, 3.63) is 24.3 Å². The second kappa shape index (κ2) is 9.83. The average molecular weight is 379 g/mol. The molecule has 2 rings (SSSR count). The van der Waals surface area contributed by atoms with E-state index in [1.807, 2.05) is 45.0 Å². The molecule has 27 heavy (non-hydrogen) atoms. The molecule has 0 bridgehead atoms. The number of ether oxygens (including phenoxy) is 3. The normalized spacial score (nSPS) is 18.2. The molecule has 1 fully saturated rings. The molecule has 1 saturated heterocycles. The summed E-state index contributed by atoms with van der Waals surface area (Å²) in [4.78, 5) is 12.2. The summed E-state index contributed by atoms with van der Waals surface area (Å²) in [6.07, 6.45) is 1.47. The number of carbonyl (C=O) groups excluding carboxylic acids is 1. The molecule has 1 aromatic rings. The third-order valence-corrected chi connectivity index (χ3v) is 4.08. The number of anilines is 1. The van der Waals surface area contributed by atoms with Crippen molar-refractivity contribution in [3.63, 3.8) is 0 Å². The highest BCUT2D eigenvalue weighted by Crippen LogP contribution is 2.26. The third kappa shape index (κ3) is 8.08. The van der Waals surface area contributed by atoms with Crippen molar-refractivity contribution in [1.29, 1.82) is 0 Å². The van der Waals surface area contributed by atoms with Crippen LogP contribution in [0.4, 0.5) is 10.5 Å². The van der Waals surface area contributed by atoms with Gasteiger partial charge in [-0.05, 0) is 45.2 Å². The minimum absolute atomic E-state index is 0.0391. The zero-order chi connectivity index (χ0) is 19.9. The number of nitrogens with one attached hydrogen (secondary N) is 2. The lowest BCUT2D eigenvalue weighted by molar-refractivity contribution is 0.0502. The maximum absolute atomic E-state index is 12.2.